The van der Waals surface area contributed by atoms with E-state index in [2.05, 4.69) is 48.9 Å². The summed E-state index contributed by atoms with van der Waals surface area (Å²) >= 11 is 6.80. The van der Waals surface area contributed by atoms with E-state index in [4.69, 9.17) is 45.1 Å². The number of hydroxylamine groups is 2. The molecular weight excluding hydrogens is 674 g/mol. The minimum atomic E-state index is -2.16. The Morgan fingerprint density at radius 3 is 2.54 bits per heavy atom. The van der Waals surface area contributed by atoms with Gasteiger partial charge < -0.3 is 23.4 Å². The van der Waals surface area contributed by atoms with Crippen molar-refractivity contribution in [3.8, 4) is 28.4 Å². The van der Waals surface area contributed by atoms with Gasteiger partial charge in [-0.3, -0.25) is 0 Å². The molecule has 1 aliphatic heterocycles. The van der Waals surface area contributed by atoms with E-state index in [-0.39, 0.29) is 11.6 Å². The molecule has 1 aliphatic carbocycles. The van der Waals surface area contributed by atoms with Gasteiger partial charge in [-0.25, -0.2) is 29.8 Å². The van der Waals surface area contributed by atoms with E-state index in [1.807, 2.05) is 33.0 Å². The number of benzene rings is 1. The predicted octanol–water partition coefficient (Wildman–Crippen LogP) is 8.34. The zero-order valence-electron chi connectivity index (χ0n) is 30.4. The number of halogens is 1. The summed E-state index contributed by atoms with van der Waals surface area (Å²) in [5, 5.41) is 5.85. The minimum absolute atomic E-state index is 0.0389. The fraction of sp³-hybridized carbons (Fsp3) is 0.500. The molecule has 1 saturated carbocycles. The van der Waals surface area contributed by atoms with E-state index >= 15 is 0 Å². The van der Waals surface area contributed by atoms with E-state index in [0.29, 0.717) is 60.0 Å². The van der Waals surface area contributed by atoms with Gasteiger partial charge in [-0.15, -0.1) is 0 Å². The molecule has 1 amide bonds. The number of aryl methyl sites for hydroxylation is 2. The van der Waals surface area contributed by atoms with Gasteiger partial charge in [-0.1, -0.05) is 37.5 Å². The van der Waals surface area contributed by atoms with Crippen molar-refractivity contribution in [1.29, 1.82) is 0 Å². The van der Waals surface area contributed by atoms with Crippen molar-refractivity contribution in [2.24, 2.45) is 0 Å². The number of anilines is 1. The summed E-state index contributed by atoms with van der Waals surface area (Å²) in [6.07, 6.45) is 4.22. The van der Waals surface area contributed by atoms with E-state index < -0.39 is 14.4 Å². The highest BCUT2D eigenvalue weighted by Crippen LogP contribution is 2.41. The van der Waals surface area contributed by atoms with Gasteiger partial charge in [0.25, 0.3) is 0 Å². The average molecular weight is 720 g/mol. The van der Waals surface area contributed by atoms with Crippen molar-refractivity contribution in [2.75, 3.05) is 25.2 Å². The van der Waals surface area contributed by atoms with Crippen molar-refractivity contribution >= 4 is 31.8 Å². The molecule has 4 heterocycles. The maximum absolute atomic E-state index is 12.5. The van der Waals surface area contributed by atoms with Gasteiger partial charge in [-0.05, 0) is 69.9 Å². The van der Waals surface area contributed by atoms with Crippen LogP contribution in [0.25, 0.3) is 22.6 Å². The zero-order valence-corrected chi connectivity index (χ0v) is 32.1. The predicted molar refractivity (Wildman–Crippen MR) is 194 cm³/mol. The Kier molecular flexibility index (Phi) is 9.95. The summed E-state index contributed by atoms with van der Waals surface area (Å²) < 4.78 is 23.1. The molecular formula is C36H46ClN7O5Si. The molecule has 0 atom stereocenters. The summed E-state index contributed by atoms with van der Waals surface area (Å²) in [5.41, 5.74) is 5.97. The van der Waals surface area contributed by atoms with Gasteiger partial charge in [0, 0.05) is 48.8 Å². The largest absolute Gasteiger partial charge is 0.493 e. The van der Waals surface area contributed by atoms with Gasteiger partial charge in [-0.2, -0.15) is 0 Å². The number of fused-ring (bicyclic) bond motifs is 1. The van der Waals surface area contributed by atoms with Crippen LogP contribution >= 0.6 is 11.6 Å². The quantitative estimate of drug-likeness (QED) is 0.0843. The fourth-order valence-corrected chi connectivity index (χ4v) is 6.87. The summed E-state index contributed by atoms with van der Waals surface area (Å²) in [6, 6.07) is 5.42. The molecule has 0 N–H and O–H groups in total. The van der Waals surface area contributed by atoms with Gasteiger partial charge >= 0.3 is 6.09 Å². The third kappa shape index (κ3) is 7.49. The van der Waals surface area contributed by atoms with Crippen molar-refractivity contribution in [3.63, 3.8) is 0 Å². The molecule has 2 aliphatic rings. The normalized spacial score (nSPS) is 14.6. The molecule has 0 saturated heterocycles. The van der Waals surface area contributed by atoms with Gasteiger partial charge in [0.2, 0.25) is 8.32 Å². The van der Waals surface area contributed by atoms with E-state index in [0.717, 1.165) is 58.3 Å². The van der Waals surface area contributed by atoms with Gasteiger partial charge in [0.1, 0.15) is 23.2 Å². The highest BCUT2D eigenvalue weighted by Gasteiger charge is 2.40. The maximum atomic E-state index is 12.5. The van der Waals surface area contributed by atoms with Crippen molar-refractivity contribution in [2.45, 2.75) is 97.9 Å². The number of nitrogens with zero attached hydrogens (tertiary/aromatic N) is 7. The highest BCUT2D eigenvalue weighted by atomic mass is 35.5. The van der Waals surface area contributed by atoms with Crippen LogP contribution in [0.2, 0.25) is 23.2 Å². The summed E-state index contributed by atoms with van der Waals surface area (Å²) in [7, 11) is -0.573. The third-order valence-corrected chi connectivity index (χ3v) is 14.4. The lowest BCUT2D eigenvalue weighted by Crippen LogP contribution is -2.47. The Hall–Kier alpha value is -4.07. The van der Waals surface area contributed by atoms with Crippen molar-refractivity contribution in [3.05, 3.63) is 63.5 Å². The summed E-state index contributed by atoms with van der Waals surface area (Å²) in [6.45, 7) is 18.1. The first-order valence-corrected chi connectivity index (χ1v) is 20.4. The first-order chi connectivity index (χ1) is 23.6. The van der Waals surface area contributed by atoms with Crippen LogP contribution in [0.15, 0.2) is 28.9 Å². The van der Waals surface area contributed by atoms with Crippen LogP contribution in [0.3, 0.4) is 0 Å². The Morgan fingerprint density at radius 1 is 1.10 bits per heavy atom. The van der Waals surface area contributed by atoms with Gasteiger partial charge in [0.15, 0.2) is 5.82 Å². The molecule has 1 aromatic carbocycles. The number of hydrogen-bond donors (Lipinski definition) is 0. The maximum Gasteiger partial charge on any atom is 0.432 e. The summed E-state index contributed by atoms with van der Waals surface area (Å²) in [5.74, 6) is 3.92. The first kappa shape index (κ1) is 35.7. The topological polar surface area (TPSA) is 129 Å². The number of amides is 1. The second kappa shape index (κ2) is 13.9. The Morgan fingerprint density at radius 2 is 1.86 bits per heavy atom. The Labute approximate surface area is 299 Å². The second-order valence-electron chi connectivity index (χ2n) is 14.7. The van der Waals surface area contributed by atoms with Crippen molar-refractivity contribution in [1.82, 2.24) is 30.2 Å². The number of rotatable bonds is 11. The molecule has 4 aromatic rings. The van der Waals surface area contributed by atoms with Crippen molar-refractivity contribution < 1.29 is 23.3 Å². The number of hydrogen-bond acceptors (Lipinski definition) is 11. The van der Waals surface area contributed by atoms with Crippen LogP contribution in [0.1, 0.15) is 80.1 Å². The lowest BCUT2D eigenvalue weighted by Gasteiger charge is -2.37. The van der Waals surface area contributed by atoms with Gasteiger partial charge in [0.05, 0.1) is 47.4 Å². The Balaban J connectivity index is 1.19. The zero-order chi connectivity index (χ0) is 36.0. The molecule has 266 valence electrons. The molecule has 0 spiro atoms. The van der Waals surface area contributed by atoms with E-state index in [1.165, 1.54) is 5.06 Å². The molecule has 1 fully saturated rings. The fourth-order valence-electron chi connectivity index (χ4n) is 5.64. The molecule has 12 nitrogen and oxygen atoms in total. The standard InChI is InChI=1S/C36H46ClN7O5Si/c1-21-31(30-22(2)42-48-23(30)3)40-33(41-34(21)44-19-25-18-38-32(24-11-12-24)39-29(25)20-44)27-17-26(13-14-28(27)37)46-15-10-16-47-35(45)43(7)49-50(8,9)36(4,5)6/h13-14,17-18,24H,10-12,15-16,19-20H2,1-9H3. The van der Waals surface area contributed by atoms with E-state index in [1.54, 1.807) is 19.2 Å². The lowest BCUT2D eigenvalue weighted by atomic mass is 10.0. The molecule has 50 heavy (non-hydrogen) atoms. The van der Waals surface area contributed by atoms with Crippen LogP contribution in [0.4, 0.5) is 10.6 Å². The molecule has 0 bridgehead atoms. The molecule has 0 radical (unpaired) electrons. The van der Waals surface area contributed by atoms with Crippen LogP contribution < -0.4 is 9.64 Å². The van der Waals surface area contributed by atoms with Crippen LogP contribution in [0.5, 0.6) is 5.75 Å². The Bertz CT molecular complexity index is 1890. The monoisotopic (exact) mass is 719 g/mol. The summed E-state index contributed by atoms with van der Waals surface area (Å²) in [4.78, 5) is 34.5. The smallest absolute Gasteiger partial charge is 0.432 e. The SMILES string of the molecule is Cc1noc(C)c1-c1nc(-c2cc(OCCCOC(=O)N(C)O[Si](C)(C)C(C)(C)C)ccc2Cl)nc(N2Cc3cnc(C4CC4)nc3C2)c1C. The van der Waals surface area contributed by atoms with E-state index in [9.17, 15) is 4.79 Å². The number of aromatic nitrogens is 5. The van der Waals surface area contributed by atoms with Crippen LogP contribution in [-0.2, 0) is 22.4 Å². The molecule has 14 heteroatoms. The third-order valence-electron chi connectivity index (χ3n) is 9.70. The minimum Gasteiger partial charge on any atom is -0.493 e. The molecule has 6 rings (SSSR count). The number of ether oxygens (including phenoxy) is 2. The number of carbonyl (C=O) groups excluding carboxylic acids is 1. The molecule has 3 aromatic heterocycles. The lowest BCUT2D eigenvalue weighted by molar-refractivity contribution is -0.0404. The molecule has 0 unspecified atom stereocenters. The second-order valence-corrected chi connectivity index (χ2v) is 19.8. The van der Waals surface area contributed by atoms with Crippen LogP contribution in [-0.4, -0.2) is 64.8 Å². The number of carbonyl (C=O) groups is 1. The first-order valence-electron chi connectivity index (χ1n) is 17.1. The van der Waals surface area contributed by atoms with Crippen LogP contribution in [0, 0.1) is 20.8 Å². The average Bonchev–Trinajstić information content (AvgIpc) is 3.74. The highest BCUT2D eigenvalue weighted by molar-refractivity contribution is 6.74.